The van der Waals surface area contributed by atoms with Crippen molar-refractivity contribution < 1.29 is 32.2 Å². The highest BCUT2D eigenvalue weighted by Crippen LogP contribution is 2.51. The number of methoxy groups -OCH3 is 2. The van der Waals surface area contributed by atoms with Crippen LogP contribution in [0.25, 0.3) is 0 Å². The molecule has 0 N–H and O–H groups in total. The number of Topliss-reactive ketones (excluding diaryl/α,β-unsaturated/α-hetero) is 1. The molecule has 1 aliphatic heterocycles. The van der Waals surface area contributed by atoms with Gasteiger partial charge in [-0.2, -0.15) is 13.2 Å². The van der Waals surface area contributed by atoms with Gasteiger partial charge in [0.1, 0.15) is 11.5 Å². The van der Waals surface area contributed by atoms with Crippen LogP contribution >= 0.6 is 0 Å². The van der Waals surface area contributed by atoms with Gasteiger partial charge in [0.15, 0.2) is 0 Å². The van der Waals surface area contributed by atoms with Gasteiger partial charge in [-0.25, -0.2) is 0 Å². The van der Waals surface area contributed by atoms with Gasteiger partial charge in [-0.1, -0.05) is 48.5 Å². The van der Waals surface area contributed by atoms with Gasteiger partial charge in [0.25, 0.3) is 5.91 Å². The summed E-state index contributed by atoms with van der Waals surface area (Å²) in [6.07, 6.45) is -2.84. The average Bonchev–Trinajstić information content (AvgIpc) is 3.11. The number of allylic oxidation sites excluding steroid dienone is 1. The number of likely N-dealkylation sites (tertiary alicyclic amines) is 1. The summed E-state index contributed by atoms with van der Waals surface area (Å²) in [5.74, 6) is -0.370. The second kappa shape index (κ2) is 10.1. The van der Waals surface area contributed by atoms with Crippen molar-refractivity contribution in [2.45, 2.75) is 30.6 Å². The van der Waals surface area contributed by atoms with Crippen molar-refractivity contribution in [3.8, 4) is 11.5 Å². The lowest BCUT2D eigenvalue weighted by molar-refractivity contribution is -0.141. The number of halogens is 3. The molecule has 0 aliphatic carbocycles. The molecule has 2 atom stereocenters. The highest BCUT2D eigenvalue weighted by molar-refractivity contribution is 6.42. The Morgan fingerprint density at radius 2 is 1.65 bits per heavy atom. The van der Waals surface area contributed by atoms with Crippen LogP contribution in [0.4, 0.5) is 13.2 Å². The molecule has 4 rings (SSSR count). The number of rotatable bonds is 8. The first-order valence-electron chi connectivity index (χ1n) is 11.6. The normalized spacial score (nSPS) is 19.7. The van der Waals surface area contributed by atoms with E-state index in [4.69, 9.17) is 9.47 Å². The second-order valence-electron chi connectivity index (χ2n) is 8.79. The maximum Gasteiger partial charge on any atom is 0.416 e. The van der Waals surface area contributed by atoms with E-state index in [-0.39, 0.29) is 13.0 Å². The van der Waals surface area contributed by atoms with Gasteiger partial charge in [-0.05, 0) is 41.8 Å². The molecule has 0 radical (unpaired) electrons. The predicted molar refractivity (Wildman–Crippen MR) is 132 cm³/mol. The predicted octanol–water partition coefficient (Wildman–Crippen LogP) is 5.89. The molecule has 0 spiro atoms. The summed E-state index contributed by atoms with van der Waals surface area (Å²) < 4.78 is 50.7. The Balaban J connectivity index is 1.91. The molecule has 1 aliphatic rings. The summed E-state index contributed by atoms with van der Waals surface area (Å²) in [4.78, 5) is 28.8. The Morgan fingerprint density at radius 3 is 2.22 bits per heavy atom. The number of hydrogen-bond acceptors (Lipinski definition) is 4. The molecule has 1 fully saturated rings. The second-order valence-corrected chi connectivity index (χ2v) is 8.79. The molecular formula is C29H26F3NO4. The van der Waals surface area contributed by atoms with Crippen LogP contribution in [0, 0.1) is 0 Å². The highest BCUT2D eigenvalue weighted by atomic mass is 19.4. The van der Waals surface area contributed by atoms with E-state index in [9.17, 15) is 22.8 Å². The summed E-state index contributed by atoms with van der Waals surface area (Å²) in [5, 5.41) is 0. The van der Waals surface area contributed by atoms with Gasteiger partial charge < -0.3 is 14.4 Å². The lowest BCUT2D eigenvalue weighted by atomic mass is 9.68. The number of amides is 1. The fraction of sp³-hybridized carbons (Fsp3) is 0.241. The first kappa shape index (κ1) is 26.0. The lowest BCUT2D eigenvalue weighted by Gasteiger charge is -2.37. The third-order valence-corrected chi connectivity index (χ3v) is 6.78. The highest BCUT2D eigenvalue weighted by Gasteiger charge is 2.59. The van der Waals surface area contributed by atoms with E-state index < -0.39 is 34.9 Å². The van der Waals surface area contributed by atoms with Crippen LogP contribution in [0.2, 0.25) is 0 Å². The van der Waals surface area contributed by atoms with Crippen LogP contribution in [0.5, 0.6) is 11.5 Å². The number of alkyl halides is 3. The van der Waals surface area contributed by atoms with Crippen molar-refractivity contribution in [2.24, 2.45) is 0 Å². The van der Waals surface area contributed by atoms with Gasteiger partial charge >= 0.3 is 6.18 Å². The number of carbonyl (C=O) groups excluding carboxylic acids is 2. The Hall–Kier alpha value is -4.07. The van der Waals surface area contributed by atoms with E-state index in [1.165, 1.54) is 31.3 Å². The van der Waals surface area contributed by atoms with Crippen molar-refractivity contribution in [1.82, 2.24) is 4.90 Å². The maximum atomic E-state index is 13.8. The minimum Gasteiger partial charge on any atom is -0.497 e. The van der Waals surface area contributed by atoms with Crippen molar-refractivity contribution in [3.05, 3.63) is 108 Å². The number of benzene rings is 3. The summed E-state index contributed by atoms with van der Waals surface area (Å²) in [6.45, 7) is 3.81. The molecule has 1 amide bonds. The van der Waals surface area contributed by atoms with Crippen LogP contribution in [0.3, 0.4) is 0 Å². The molecule has 3 aromatic rings. The van der Waals surface area contributed by atoms with E-state index in [0.717, 1.165) is 12.1 Å². The molecule has 0 bridgehead atoms. The zero-order valence-corrected chi connectivity index (χ0v) is 20.4. The molecule has 3 aromatic carbocycles. The third-order valence-electron chi connectivity index (χ3n) is 6.78. The van der Waals surface area contributed by atoms with Crippen molar-refractivity contribution in [3.63, 3.8) is 0 Å². The summed E-state index contributed by atoms with van der Waals surface area (Å²) in [7, 11) is 3.00. The molecule has 0 unspecified atom stereocenters. The van der Waals surface area contributed by atoms with Crippen molar-refractivity contribution in [2.75, 3.05) is 14.2 Å². The first-order valence-corrected chi connectivity index (χ1v) is 11.6. The summed E-state index contributed by atoms with van der Waals surface area (Å²) in [5.41, 5.74) is -0.583. The molecule has 37 heavy (non-hydrogen) atoms. The van der Waals surface area contributed by atoms with Crippen molar-refractivity contribution in [1.29, 1.82) is 0 Å². The number of ketones is 1. The fourth-order valence-electron chi connectivity index (χ4n) is 5.05. The van der Waals surface area contributed by atoms with E-state index >= 15 is 0 Å². The lowest BCUT2D eigenvalue weighted by Crippen LogP contribution is -2.38. The number of carbonyl (C=O) groups is 2. The SMILES string of the molecule is C=CC[C@]1(c2ccccc2)C(=O)C(=O)N(Cc2ccc(OC)cc2OC)[C@H]1c1ccc(C(F)(F)F)cc1. The molecule has 0 aromatic heterocycles. The van der Waals surface area contributed by atoms with Gasteiger partial charge in [0, 0.05) is 11.6 Å². The van der Waals surface area contributed by atoms with Gasteiger partial charge in [0.2, 0.25) is 5.78 Å². The summed E-state index contributed by atoms with van der Waals surface area (Å²) >= 11 is 0. The average molecular weight is 510 g/mol. The molecule has 0 saturated carbocycles. The smallest absolute Gasteiger partial charge is 0.416 e. The maximum absolute atomic E-state index is 13.8. The third kappa shape index (κ3) is 4.59. The van der Waals surface area contributed by atoms with Gasteiger partial charge in [0.05, 0.1) is 37.8 Å². The summed E-state index contributed by atoms with van der Waals surface area (Å²) in [6, 6.07) is 17.6. The van der Waals surface area contributed by atoms with E-state index in [0.29, 0.717) is 28.2 Å². The largest absolute Gasteiger partial charge is 0.497 e. The molecule has 1 saturated heterocycles. The van der Waals surface area contributed by atoms with E-state index in [1.54, 1.807) is 54.6 Å². The van der Waals surface area contributed by atoms with Gasteiger partial charge in [-0.3, -0.25) is 9.59 Å². The van der Waals surface area contributed by atoms with Crippen LogP contribution in [-0.4, -0.2) is 30.8 Å². The van der Waals surface area contributed by atoms with E-state index in [2.05, 4.69) is 6.58 Å². The minimum atomic E-state index is -4.52. The monoisotopic (exact) mass is 509 g/mol. The van der Waals surface area contributed by atoms with Crippen LogP contribution in [-0.2, 0) is 27.7 Å². The fourth-order valence-corrected chi connectivity index (χ4v) is 5.05. The van der Waals surface area contributed by atoms with E-state index in [1.807, 2.05) is 0 Å². The van der Waals surface area contributed by atoms with Crippen LogP contribution < -0.4 is 9.47 Å². The zero-order valence-electron chi connectivity index (χ0n) is 20.4. The standard InChI is InChI=1S/C29H26F3NO4/c1-4-16-28(21-8-6-5-7-9-21)25(19-10-13-22(14-11-19)29(30,31)32)33(27(35)26(28)34)18-20-12-15-23(36-2)17-24(20)37-3/h4-15,17,25H,1,16,18H2,2-3H3/t25-,28+/m0/s1. The zero-order chi connectivity index (χ0) is 26.8. The van der Waals surface area contributed by atoms with Crippen LogP contribution in [0.15, 0.2) is 85.5 Å². The Kier molecular flexibility index (Phi) is 7.12. The first-order chi connectivity index (χ1) is 17.7. The Labute approximate surface area is 213 Å². The molecule has 8 heteroatoms. The topological polar surface area (TPSA) is 55.8 Å². The van der Waals surface area contributed by atoms with Crippen molar-refractivity contribution >= 4 is 11.7 Å². The molecule has 1 heterocycles. The Morgan fingerprint density at radius 1 is 0.973 bits per heavy atom. The minimum absolute atomic E-state index is 0.00481. The quantitative estimate of drug-likeness (QED) is 0.281. The van der Waals surface area contributed by atoms with Gasteiger partial charge in [-0.15, -0.1) is 6.58 Å². The molecular weight excluding hydrogens is 483 g/mol. The number of hydrogen-bond donors (Lipinski definition) is 0. The Bertz CT molecular complexity index is 1300. The number of ether oxygens (including phenoxy) is 2. The molecule has 192 valence electrons. The molecule has 5 nitrogen and oxygen atoms in total. The van der Waals surface area contributed by atoms with Crippen LogP contribution in [0.1, 0.15) is 34.7 Å². The number of nitrogens with zero attached hydrogens (tertiary/aromatic N) is 1.